The van der Waals surface area contributed by atoms with E-state index in [0.29, 0.717) is 12.0 Å². The van der Waals surface area contributed by atoms with Crippen molar-refractivity contribution in [3.05, 3.63) is 18.0 Å². The van der Waals surface area contributed by atoms with Crippen LogP contribution in [0, 0.1) is 5.92 Å². The third-order valence-corrected chi connectivity index (χ3v) is 3.92. The normalized spacial score (nSPS) is 29.2. The highest BCUT2D eigenvalue weighted by Crippen LogP contribution is 2.21. The Bertz CT molecular complexity index is 387. The van der Waals surface area contributed by atoms with Crippen LogP contribution in [-0.2, 0) is 22.6 Å². The van der Waals surface area contributed by atoms with Gasteiger partial charge in [0.05, 0.1) is 18.9 Å². The lowest BCUT2D eigenvalue weighted by molar-refractivity contribution is 0.0898. The van der Waals surface area contributed by atoms with E-state index in [2.05, 4.69) is 20.7 Å². The van der Waals surface area contributed by atoms with E-state index >= 15 is 0 Å². The molecule has 1 fully saturated rings. The molecule has 0 aromatic carbocycles. The van der Waals surface area contributed by atoms with E-state index in [-0.39, 0.29) is 0 Å². The summed E-state index contributed by atoms with van der Waals surface area (Å²) in [5.41, 5.74) is 1.31. The molecule has 0 saturated carbocycles. The van der Waals surface area contributed by atoms with Gasteiger partial charge in [-0.2, -0.15) is 5.10 Å². The fourth-order valence-electron chi connectivity index (χ4n) is 2.99. The van der Waals surface area contributed by atoms with E-state index < -0.39 is 0 Å². The molecule has 1 saturated heterocycles. The van der Waals surface area contributed by atoms with Crippen LogP contribution >= 0.6 is 0 Å². The van der Waals surface area contributed by atoms with Gasteiger partial charge in [0.15, 0.2) is 0 Å². The second kappa shape index (κ2) is 5.38. The summed E-state index contributed by atoms with van der Waals surface area (Å²) in [7, 11) is 1.78. The van der Waals surface area contributed by atoms with Gasteiger partial charge in [-0.1, -0.05) is 0 Å². The largest absolute Gasteiger partial charge is 0.384 e. The average Bonchev–Trinajstić information content (AvgIpc) is 2.99. The number of hydrogen-bond acceptors (Lipinski definition) is 4. The van der Waals surface area contributed by atoms with Crippen molar-refractivity contribution in [3.63, 3.8) is 0 Å². The molecular formula is C13H21N3O2. The fourth-order valence-corrected chi connectivity index (χ4v) is 2.99. The molecule has 0 N–H and O–H groups in total. The molecule has 0 spiro atoms. The highest BCUT2D eigenvalue weighted by atomic mass is 16.5. The van der Waals surface area contributed by atoms with E-state index in [9.17, 15) is 0 Å². The summed E-state index contributed by atoms with van der Waals surface area (Å²) < 4.78 is 13.0. The standard InChI is InChI=1S/C13H21N3O2/c1-17-9-11-6-15(13-3-5-18-10-13)8-12-2-4-14-16(12)7-11/h2,4,11,13H,3,5-10H2,1H3. The van der Waals surface area contributed by atoms with Crippen LogP contribution in [0.2, 0.25) is 0 Å². The van der Waals surface area contributed by atoms with Crippen molar-refractivity contribution < 1.29 is 9.47 Å². The van der Waals surface area contributed by atoms with Crippen molar-refractivity contribution in [2.45, 2.75) is 25.6 Å². The zero-order chi connectivity index (χ0) is 12.4. The zero-order valence-corrected chi connectivity index (χ0v) is 10.9. The molecule has 2 unspecified atom stereocenters. The zero-order valence-electron chi connectivity index (χ0n) is 10.9. The molecule has 5 heteroatoms. The topological polar surface area (TPSA) is 39.5 Å². The molecule has 2 atom stereocenters. The van der Waals surface area contributed by atoms with Gasteiger partial charge in [0.1, 0.15) is 0 Å². The molecule has 0 aliphatic carbocycles. The Labute approximate surface area is 108 Å². The van der Waals surface area contributed by atoms with Gasteiger partial charge in [-0.05, 0) is 12.5 Å². The number of hydrogen-bond donors (Lipinski definition) is 0. The number of nitrogens with zero attached hydrogens (tertiary/aromatic N) is 3. The van der Waals surface area contributed by atoms with Gasteiger partial charge in [-0.3, -0.25) is 9.58 Å². The van der Waals surface area contributed by atoms with E-state index in [4.69, 9.17) is 9.47 Å². The number of rotatable bonds is 3. The van der Waals surface area contributed by atoms with Crippen molar-refractivity contribution >= 4 is 0 Å². The van der Waals surface area contributed by atoms with Gasteiger partial charge < -0.3 is 9.47 Å². The average molecular weight is 251 g/mol. The summed E-state index contributed by atoms with van der Waals surface area (Å²) in [5, 5.41) is 4.41. The predicted octanol–water partition coefficient (Wildman–Crippen LogP) is 0.750. The number of aromatic nitrogens is 2. The summed E-state index contributed by atoms with van der Waals surface area (Å²) in [6, 6.07) is 2.68. The van der Waals surface area contributed by atoms with E-state index in [1.807, 2.05) is 6.20 Å². The van der Waals surface area contributed by atoms with Gasteiger partial charge >= 0.3 is 0 Å². The molecule has 3 heterocycles. The minimum atomic E-state index is 0.511. The van der Waals surface area contributed by atoms with Crippen molar-refractivity contribution in [2.75, 3.05) is 33.5 Å². The summed E-state index contributed by atoms with van der Waals surface area (Å²) in [6.07, 6.45) is 3.04. The second-order valence-corrected chi connectivity index (χ2v) is 5.27. The maximum Gasteiger partial charge on any atom is 0.0622 e. The maximum atomic E-state index is 5.52. The molecule has 1 aromatic heterocycles. The maximum absolute atomic E-state index is 5.52. The highest BCUT2D eigenvalue weighted by Gasteiger charge is 2.29. The molecule has 0 bridgehead atoms. The van der Waals surface area contributed by atoms with Crippen LogP contribution in [0.1, 0.15) is 12.1 Å². The Balaban J connectivity index is 1.78. The summed E-state index contributed by atoms with van der Waals surface area (Å²) in [4.78, 5) is 2.54. The fraction of sp³-hybridized carbons (Fsp3) is 0.769. The first-order valence-corrected chi connectivity index (χ1v) is 6.68. The van der Waals surface area contributed by atoms with Crippen molar-refractivity contribution in [3.8, 4) is 0 Å². The van der Waals surface area contributed by atoms with Crippen LogP contribution in [0.5, 0.6) is 0 Å². The van der Waals surface area contributed by atoms with Gasteiger partial charge in [0, 0.05) is 51.5 Å². The lowest BCUT2D eigenvalue weighted by atomic mass is 10.1. The van der Waals surface area contributed by atoms with E-state index in [1.165, 1.54) is 5.69 Å². The van der Waals surface area contributed by atoms with Crippen molar-refractivity contribution in [2.24, 2.45) is 5.92 Å². The van der Waals surface area contributed by atoms with Gasteiger partial charge in [0.2, 0.25) is 0 Å². The molecule has 0 radical (unpaired) electrons. The first-order chi connectivity index (χ1) is 8.86. The molecule has 18 heavy (non-hydrogen) atoms. The van der Waals surface area contributed by atoms with Crippen LogP contribution in [-0.4, -0.2) is 54.2 Å². The van der Waals surface area contributed by atoms with Crippen molar-refractivity contribution in [1.29, 1.82) is 0 Å². The Morgan fingerprint density at radius 2 is 2.44 bits per heavy atom. The lowest BCUT2D eigenvalue weighted by Crippen LogP contribution is -2.38. The molecule has 0 amide bonds. The third kappa shape index (κ3) is 2.43. The second-order valence-electron chi connectivity index (χ2n) is 5.27. The first kappa shape index (κ1) is 12.1. The van der Waals surface area contributed by atoms with Gasteiger partial charge in [-0.15, -0.1) is 0 Å². The molecule has 2 aliphatic rings. The number of methoxy groups -OCH3 is 1. The Morgan fingerprint density at radius 1 is 1.50 bits per heavy atom. The highest BCUT2D eigenvalue weighted by molar-refractivity contribution is 5.03. The van der Waals surface area contributed by atoms with Gasteiger partial charge in [0.25, 0.3) is 0 Å². The molecule has 100 valence electrons. The molecule has 5 nitrogen and oxygen atoms in total. The first-order valence-electron chi connectivity index (χ1n) is 6.68. The van der Waals surface area contributed by atoms with E-state index in [0.717, 1.165) is 45.9 Å². The van der Waals surface area contributed by atoms with Crippen LogP contribution in [0.3, 0.4) is 0 Å². The molecule has 2 aliphatic heterocycles. The van der Waals surface area contributed by atoms with Crippen LogP contribution in [0.15, 0.2) is 12.3 Å². The minimum absolute atomic E-state index is 0.511. The van der Waals surface area contributed by atoms with Gasteiger partial charge in [-0.25, -0.2) is 0 Å². The molecule has 1 aromatic rings. The molecular weight excluding hydrogens is 230 g/mol. The molecule has 3 rings (SSSR count). The van der Waals surface area contributed by atoms with Crippen molar-refractivity contribution in [1.82, 2.24) is 14.7 Å². The summed E-state index contributed by atoms with van der Waals surface area (Å²) in [6.45, 7) is 5.58. The van der Waals surface area contributed by atoms with E-state index in [1.54, 1.807) is 7.11 Å². The quantitative estimate of drug-likeness (QED) is 0.795. The Morgan fingerprint density at radius 3 is 3.22 bits per heavy atom. The van der Waals surface area contributed by atoms with Crippen LogP contribution in [0.25, 0.3) is 0 Å². The number of ether oxygens (including phenoxy) is 2. The van der Waals surface area contributed by atoms with Crippen LogP contribution < -0.4 is 0 Å². The van der Waals surface area contributed by atoms with Crippen LogP contribution in [0.4, 0.5) is 0 Å². The minimum Gasteiger partial charge on any atom is -0.384 e. The number of fused-ring (bicyclic) bond motifs is 1. The smallest absolute Gasteiger partial charge is 0.0622 e. The summed E-state index contributed by atoms with van der Waals surface area (Å²) >= 11 is 0. The third-order valence-electron chi connectivity index (χ3n) is 3.92. The Kier molecular flexibility index (Phi) is 3.63. The summed E-state index contributed by atoms with van der Waals surface area (Å²) in [5.74, 6) is 0.511. The predicted molar refractivity (Wildman–Crippen MR) is 67.2 cm³/mol. The lowest BCUT2D eigenvalue weighted by Gasteiger charge is -2.28. The monoisotopic (exact) mass is 251 g/mol. The SMILES string of the molecule is COCC1CN(C2CCOC2)Cc2ccnn2C1. The Hall–Kier alpha value is -0.910.